The van der Waals surface area contributed by atoms with Gasteiger partial charge < -0.3 is 14.0 Å². The summed E-state index contributed by atoms with van der Waals surface area (Å²) in [5.74, 6) is 0.441. The van der Waals surface area contributed by atoms with E-state index in [0.29, 0.717) is 27.2 Å². The second-order valence-electron chi connectivity index (χ2n) is 4.86. The Morgan fingerprint density at radius 2 is 2.08 bits per heavy atom. The van der Waals surface area contributed by atoms with E-state index in [-0.39, 0.29) is 5.91 Å². The molecule has 1 amide bonds. The predicted molar refractivity (Wildman–Crippen MR) is 97.5 cm³/mol. The molecule has 3 rings (SSSR count). The molecule has 0 N–H and O–H groups in total. The summed E-state index contributed by atoms with van der Waals surface area (Å²) < 4.78 is 14.2. The lowest BCUT2D eigenvalue weighted by molar-refractivity contribution is 0.100. The van der Waals surface area contributed by atoms with Gasteiger partial charge in [0.25, 0.3) is 5.91 Å². The number of thiazole rings is 1. The van der Waals surface area contributed by atoms with Crippen LogP contribution in [0, 0.1) is 0 Å². The van der Waals surface area contributed by atoms with E-state index in [0.717, 1.165) is 16.0 Å². The maximum Gasteiger partial charge on any atom is 0.289 e. The molecule has 1 aromatic carbocycles. The van der Waals surface area contributed by atoms with Crippen molar-refractivity contribution in [3.8, 4) is 5.75 Å². The number of carbonyl (C=O) groups excluding carboxylic acids is 1. The zero-order chi connectivity index (χ0) is 17.1. The molecule has 0 aliphatic rings. The van der Waals surface area contributed by atoms with E-state index in [4.69, 9.17) is 21.1 Å². The summed E-state index contributed by atoms with van der Waals surface area (Å²) in [7, 11) is 3.27. The van der Waals surface area contributed by atoms with Gasteiger partial charge in [-0.05, 0) is 24.3 Å². The summed E-state index contributed by atoms with van der Waals surface area (Å²) in [5.41, 5.74) is 0.915. The molecule has 0 aliphatic heterocycles. The molecule has 0 spiro atoms. The van der Waals surface area contributed by atoms with E-state index < -0.39 is 0 Å². The van der Waals surface area contributed by atoms with Gasteiger partial charge in [-0.25, -0.2) is 0 Å². The summed E-state index contributed by atoms with van der Waals surface area (Å²) in [4.78, 5) is 17.8. The summed E-state index contributed by atoms with van der Waals surface area (Å²) >= 11 is 8.57. The first kappa shape index (κ1) is 17.2. The maximum atomic E-state index is 12.4. The molecule has 0 aliphatic carbocycles. The Morgan fingerprint density at radius 3 is 2.75 bits per heavy atom. The third kappa shape index (κ3) is 3.39. The second kappa shape index (κ2) is 7.48. The quantitative estimate of drug-likeness (QED) is 0.674. The van der Waals surface area contributed by atoms with Gasteiger partial charge in [-0.2, -0.15) is 4.99 Å². The number of ether oxygens (including phenoxy) is 2. The average molecular weight is 383 g/mol. The van der Waals surface area contributed by atoms with Gasteiger partial charge >= 0.3 is 0 Å². The fraction of sp³-hybridized carbons (Fsp3) is 0.250. The highest BCUT2D eigenvalue weighted by Crippen LogP contribution is 2.27. The highest BCUT2D eigenvalue weighted by atomic mass is 35.5. The number of rotatable bonds is 5. The summed E-state index contributed by atoms with van der Waals surface area (Å²) in [6.07, 6.45) is 0. The van der Waals surface area contributed by atoms with E-state index in [1.165, 1.54) is 22.7 Å². The summed E-state index contributed by atoms with van der Waals surface area (Å²) in [6, 6.07) is 9.18. The smallest absolute Gasteiger partial charge is 0.289 e. The van der Waals surface area contributed by atoms with Crippen LogP contribution in [0.4, 0.5) is 0 Å². The Hall–Kier alpha value is -1.67. The minimum absolute atomic E-state index is 0.302. The van der Waals surface area contributed by atoms with Crippen LogP contribution in [0.15, 0.2) is 35.3 Å². The van der Waals surface area contributed by atoms with E-state index >= 15 is 0 Å². The third-order valence-electron chi connectivity index (χ3n) is 3.38. The highest BCUT2D eigenvalue weighted by Gasteiger charge is 2.13. The van der Waals surface area contributed by atoms with Gasteiger partial charge in [0.05, 0.1) is 27.6 Å². The first-order valence-corrected chi connectivity index (χ1v) is 9.15. The zero-order valence-corrected chi connectivity index (χ0v) is 15.5. The van der Waals surface area contributed by atoms with Gasteiger partial charge in [0, 0.05) is 13.7 Å². The maximum absolute atomic E-state index is 12.4. The fourth-order valence-electron chi connectivity index (χ4n) is 2.31. The molecule has 24 heavy (non-hydrogen) atoms. The van der Waals surface area contributed by atoms with Crippen molar-refractivity contribution in [1.82, 2.24) is 4.57 Å². The Labute approximate surface area is 151 Å². The standard InChI is InChI=1S/C16H15ClN2O3S2/c1-21-9-8-19-14-10(22-2)4-3-5-11(14)24-16(19)18-15(20)12-6-7-13(17)23-12/h3-7H,8-9H2,1-2H3. The van der Waals surface area contributed by atoms with Crippen LogP contribution in [-0.4, -0.2) is 31.3 Å². The minimum Gasteiger partial charge on any atom is -0.495 e. The molecule has 3 aromatic rings. The lowest BCUT2D eigenvalue weighted by Crippen LogP contribution is -2.19. The van der Waals surface area contributed by atoms with E-state index in [1.807, 2.05) is 22.8 Å². The topological polar surface area (TPSA) is 52.8 Å². The average Bonchev–Trinajstić information content (AvgIpc) is 3.16. The minimum atomic E-state index is -0.302. The Bertz CT molecular complexity index is 942. The van der Waals surface area contributed by atoms with Crippen molar-refractivity contribution >= 4 is 50.4 Å². The monoisotopic (exact) mass is 382 g/mol. The van der Waals surface area contributed by atoms with Gasteiger partial charge in [0.1, 0.15) is 11.3 Å². The summed E-state index contributed by atoms with van der Waals surface area (Å²) in [5, 5.41) is 0. The first-order valence-electron chi connectivity index (χ1n) is 7.13. The summed E-state index contributed by atoms with van der Waals surface area (Å²) in [6.45, 7) is 1.09. The Morgan fingerprint density at radius 1 is 1.25 bits per heavy atom. The molecular formula is C16H15ClN2O3S2. The molecule has 0 fully saturated rings. The molecule has 0 saturated heterocycles. The van der Waals surface area contributed by atoms with E-state index in [1.54, 1.807) is 26.4 Å². The van der Waals surface area contributed by atoms with Crippen LogP contribution in [0.3, 0.4) is 0 Å². The van der Waals surface area contributed by atoms with Crippen molar-refractivity contribution in [2.45, 2.75) is 6.54 Å². The Balaban J connectivity index is 2.15. The van der Waals surface area contributed by atoms with Crippen LogP contribution in [-0.2, 0) is 11.3 Å². The number of aromatic nitrogens is 1. The molecule has 2 heterocycles. The number of para-hydroxylation sites is 1. The fourth-order valence-corrected chi connectivity index (χ4v) is 4.31. The van der Waals surface area contributed by atoms with Crippen LogP contribution >= 0.6 is 34.3 Å². The van der Waals surface area contributed by atoms with Gasteiger partial charge in [0.2, 0.25) is 0 Å². The zero-order valence-electron chi connectivity index (χ0n) is 13.1. The number of hydrogen-bond donors (Lipinski definition) is 0. The van der Waals surface area contributed by atoms with Crippen molar-refractivity contribution in [2.24, 2.45) is 4.99 Å². The van der Waals surface area contributed by atoms with Crippen molar-refractivity contribution in [3.63, 3.8) is 0 Å². The molecule has 0 atom stereocenters. The van der Waals surface area contributed by atoms with Crippen molar-refractivity contribution in [2.75, 3.05) is 20.8 Å². The number of methoxy groups -OCH3 is 2. The molecular weight excluding hydrogens is 368 g/mol. The predicted octanol–water partition coefficient (Wildman–Crippen LogP) is 3.81. The molecule has 0 bridgehead atoms. The molecule has 0 saturated carbocycles. The van der Waals surface area contributed by atoms with Crippen molar-refractivity contribution < 1.29 is 14.3 Å². The third-order valence-corrected chi connectivity index (χ3v) is 5.65. The molecule has 5 nitrogen and oxygen atoms in total. The lowest BCUT2D eigenvalue weighted by Gasteiger charge is -2.07. The second-order valence-corrected chi connectivity index (χ2v) is 7.58. The highest BCUT2D eigenvalue weighted by molar-refractivity contribution is 7.18. The number of fused-ring (bicyclic) bond motifs is 1. The molecule has 126 valence electrons. The Kier molecular flexibility index (Phi) is 5.35. The van der Waals surface area contributed by atoms with E-state index in [2.05, 4.69) is 4.99 Å². The van der Waals surface area contributed by atoms with Crippen LogP contribution in [0.2, 0.25) is 4.34 Å². The SMILES string of the molecule is COCCn1c(=NC(=O)c2ccc(Cl)s2)sc2cccc(OC)c21. The van der Waals surface area contributed by atoms with Crippen LogP contribution in [0.25, 0.3) is 10.2 Å². The first-order chi connectivity index (χ1) is 11.6. The lowest BCUT2D eigenvalue weighted by atomic mass is 10.3. The number of nitrogens with zero attached hydrogens (tertiary/aromatic N) is 2. The van der Waals surface area contributed by atoms with Gasteiger partial charge in [-0.15, -0.1) is 11.3 Å². The van der Waals surface area contributed by atoms with Crippen LogP contribution in [0.1, 0.15) is 9.67 Å². The normalized spacial score (nSPS) is 12.0. The van der Waals surface area contributed by atoms with Crippen molar-refractivity contribution in [1.29, 1.82) is 0 Å². The number of benzene rings is 1. The van der Waals surface area contributed by atoms with Crippen molar-refractivity contribution in [3.05, 3.63) is 44.3 Å². The molecule has 2 aromatic heterocycles. The number of thiophene rings is 1. The largest absolute Gasteiger partial charge is 0.495 e. The number of halogens is 1. The van der Waals surface area contributed by atoms with Gasteiger partial charge in [-0.3, -0.25) is 4.79 Å². The number of hydrogen-bond acceptors (Lipinski definition) is 5. The number of amides is 1. The van der Waals surface area contributed by atoms with Gasteiger partial charge in [-0.1, -0.05) is 29.0 Å². The molecule has 0 radical (unpaired) electrons. The molecule has 8 heteroatoms. The van der Waals surface area contributed by atoms with Crippen LogP contribution < -0.4 is 9.54 Å². The number of carbonyl (C=O) groups is 1. The van der Waals surface area contributed by atoms with E-state index in [9.17, 15) is 4.79 Å². The van der Waals surface area contributed by atoms with Gasteiger partial charge in [0.15, 0.2) is 4.80 Å². The van der Waals surface area contributed by atoms with Crippen LogP contribution in [0.5, 0.6) is 5.75 Å². The molecule has 0 unspecified atom stereocenters.